The minimum Gasteiger partial charge on any atom is -0.310 e. The lowest BCUT2D eigenvalue weighted by atomic mass is 9.73. The Labute approximate surface area is 270 Å². The maximum Gasteiger partial charge on any atom is 0.160 e. The van der Waals surface area contributed by atoms with Gasteiger partial charge in [-0.25, -0.2) is 9.97 Å². The summed E-state index contributed by atoms with van der Waals surface area (Å²) in [5.41, 5.74) is 13.4. The molecule has 3 nitrogen and oxygen atoms in total. The molecule has 0 unspecified atom stereocenters. The van der Waals surface area contributed by atoms with Crippen LogP contribution in [0.4, 0.5) is 17.1 Å². The monoisotopic (exact) mass is 591 g/mol. The lowest BCUT2D eigenvalue weighted by molar-refractivity contribution is 0.632. The summed E-state index contributed by atoms with van der Waals surface area (Å²) in [6.07, 6.45) is 0. The van der Waals surface area contributed by atoms with Crippen molar-refractivity contribution in [3.05, 3.63) is 175 Å². The van der Waals surface area contributed by atoms with Gasteiger partial charge in [0.15, 0.2) is 5.82 Å². The zero-order chi connectivity index (χ0) is 31.1. The van der Waals surface area contributed by atoms with Gasteiger partial charge in [0, 0.05) is 27.8 Å². The van der Waals surface area contributed by atoms with E-state index in [2.05, 4.69) is 146 Å². The number of aromatic nitrogens is 2. The number of nitrogens with zero attached hydrogens (tertiary/aromatic N) is 3. The standard InChI is InChI=1S/C43H33N3/c1-43(2)36-20-9-11-22-40(36)46(41-23-12-10-21-37(41)43)35-26-24-30(25-27-35)33-18-13-19-34(28-33)42-44-38(31-14-5-3-6-15-31)29-39(45-42)32-16-7-4-8-17-32/h3-29H,1-2H3. The van der Waals surface area contributed by atoms with Gasteiger partial charge in [0.05, 0.1) is 22.8 Å². The highest BCUT2D eigenvalue weighted by molar-refractivity contribution is 5.86. The van der Waals surface area contributed by atoms with Crippen LogP contribution in [0.3, 0.4) is 0 Å². The zero-order valence-electron chi connectivity index (χ0n) is 25.9. The predicted molar refractivity (Wildman–Crippen MR) is 191 cm³/mol. The second kappa shape index (κ2) is 11.3. The first kappa shape index (κ1) is 27.7. The first-order valence-corrected chi connectivity index (χ1v) is 15.8. The molecule has 0 radical (unpaired) electrons. The van der Waals surface area contributed by atoms with Crippen LogP contribution >= 0.6 is 0 Å². The lowest BCUT2D eigenvalue weighted by Gasteiger charge is -2.42. The first-order chi connectivity index (χ1) is 22.6. The number of hydrogen-bond donors (Lipinski definition) is 0. The van der Waals surface area contributed by atoms with Crippen LogP contribution in [0.2, 0.25) is 0 Å². The molecule has 1 aliphatic heterocycles. The molecule has 0 aliphatic carbocycles. The summed E-state index contributed by atoms with van der Waals surface area (Å²) in [5.74, 6) is 0.711. The Morgan fingerprint density at radius 3 is 1.46 bits per heavy atom. The van der Waals surface area contributed by atoms with E-state index in [-0.39, 0.29) is 5.41 Å². The molecule has 220 valence electrons. The fourth-order valence-electron chi connectivity index (χ4n) is 6.68. The molecule has 6 aromatic carbocycles. The molecule has 0 N–H and O–H groups in total. The minimum atomic E-state index is -0.0790. The molecular weight excluding hydrogens is 558 g/mol. The molecule has 7 aromatic rings. The van der Waals surface area contributed by atoms with E-state index >= 15 is 0 Å². The normalized spacial score (nSPS) is 13.1. The van der Waals surface area contributed by atoms with Gasteiger partial charge in [0.25, 0.3) is 0 Å². The van der Waals surface area contributed by atoms with Crippen molar-refractivity contribution in [2.24, 2.45) is 0 Å². The SMILES string of the molecule is CC1(C)c2ccccc2N(c2ccc(-c3cccc(-c4nc(-c5ccccc5)cc(-c5ccccc5)n4)c3)cc2)c2ccccc21. The van der Waals surface area contributed by atoms with Crippen molar-refractivity contribution in [2.75, 3.05) is 4.90 Å². The second-order valence-corrected chi connectivity index (χ2v) is 12.3. The van der Waals surface area contributed by atoms with Crippen molar-refractivity contribution in [3.63, 3.8) is 0 Å². The molecule has 46 heavy (non-hydrogen) atoms. The maximum absolute atomic E-state index is 5.05. The number of benzene rings is 6. The summed E-state index contributed by atoms with van der Waals surface area (Å²) < 4.78 is 0. The fraction of sp³-hybridized carbons (Fsp3) is 0.0698. The van der Waals surface area contributed by atoms with Gasteiger partial charge >= 0.3 is 0 Å². The highest BCUT2D eigenvalue weighted by Gasteiger charge is 2.36. The molecule has 3 heteroatoms. The maximum atomic E-state index is 5.05. The van der Waals surface area contributed by atoms with E-state index in [9.17, 15) is 0 Å². The highest BCUT2D eigenvalue weighted by atomic mass is 15.2. The molecule has 0 atom stereocenters. The summed E-state index contributed by atoms with van der Waals surface area (Å²) in [5, 5.41) is 0. The Balaban J connectivity index is 1.18. The molecule has 8 rings (SSSR count). The predicted octanol–water partition coefficient (Wildman–Crippen LogP) is 11.3. The second-order valence-electron chi connectivity index (χ2n) is 12.3. The quantitative estimate of drug-likeness (QED) is 0.199. The van der Waals surface area contributed by atoms with Gasteiger partial charge in [-0.3, -0.25) is 0 Å². The molecule has 1 aromatic heterocycles. The van der Waals surface area contributed by atoms with E-state index in [1.807, 2.05) is 36.4 Å². The molecule has 2 heterocycles. The van der Waals surface area contributed by atoms with E-state index in [4.69, 9.17) is 9.97 Å². The van der Waals surface area contributed by atoms with Crippen molar-refractivity contribution in [1.29, 1.82) is 0 Å². The number of hydrogen-bond acceptors (Lipinski definition) is 3. The van der Waals surface area contributed by atoms with Gasteiger partial charge in [-0.05, 0) is 58.7 Å². The molecule has 1 aliphatic rings. The number of rotatable bonds is 5. The third-order valence-corrected chi connectivity index (χ3v) is 9.08. The Bertz CT molecular complexity index is 2060. The molecule has 0 bridgehead atoms. The molecular formula is C43H33N3. The van der Waals surface area contributed by atoms with Crippen LogP contribution in [-0.4, -0.2) is 9.97 Å². The number of fused-ring (bicyclic) bond motifs is 2. The first-order valence-electron chi connectivity index (χ1n) is 15.8. The summed E-state index contributed by atoms with van der Waals surface area (Å²) in [6, 6.07) is 57.7. The van der Waals surface area contributed by atoms with Crippen molar-refractivity contribution in [3.8, 4) is 45.0 Å². The van der Waals surface area contributed by atoms with Crippen molar-refractivity contribution in [1.82, 2.24) is 9.97 Å². The van der Waals surface area contributed by atoms with E-state index in [0.29, 0.717) is 5.82 Å². The van der Waals surface area contributed by atoms with E-state index in [0.717, 1.165) is 44.9 Å². The summed E-state index contributed by atoms with van der Waals surface area (Å²) in [7, 11) is 0. The largest absolute Gasteiger partial charge is 0.310 e. The minimum absolute atomic E-state index is 0.0790. The molecule has 0 spiro atoms. The lowest BCUT2D eigenvalue weighted by Crippen LogP contribution is -2.30. The Morgan fingerprint density at radius 1 is 0.413 bits per heavy atom. The van der Waals surface area contributed by atoms with Crippen LogP contribution in [0.5, 0.6) is 0 Å². The average molecular weight is 592 g/mol. The van der Waals surface area contributed by atoms with Crippen LogP contribution < -0.4 is 4.90 Å². The summed E-state index contributed by atoms with van der Waals surface area (Å²) in [4.78, 5) is 12.5. The van der Waals surface area contributed by atoms with E-state index in [1.54, 1.807) is 0 Å². The van der Waals surface area contributed by atoms with Crippen LogP contribution in [0.1, 0.15) is 25.0 Å². The van der Waals surface area contributed by atoms with Gasteiger partial charge < -0.3 is 4.90 Å². The highest BCUT2D eigenvalue weighted by Crippen LogP contribution is 2.51. The van der Waals surface area contributed by atoms with Gasteiger partial charge in [-0.2, -0.15) is 0 Å². The van der Waals surface area contributed by atoms with E-state index < -0.39 is 0 Å². The van der Waals surface area contributed by atoms with Gasteiger partial charge in [0.1, 0.15) is 0 Å². The van der Waals surface area contributed by atoms with Crippen LogP contribution in [0.25, 0.3) is 45.0 Å². The Kier molecular flexibility index (Phi) is 6.80. The molecule has 0 saturated heterocycles. The van der Waals surface area contributed by atoms with Crippen LogP contribution in [0, 0.1) is 0 Å². The van der Waals surface area contributed by atoms with Gasteiger partial charge in [0.2, 0.25) is 0 Å². The van der Waals surface area contributed by atoms with Crippen molar-refractivity contribution < 1.29 is 0 Å². The summed E-state index contributed by atoms with van der Waals surface area (Å²) >= 11 is 0. The third-order valence-electron chi connectivity index (χ3n) is 9.08. The Morgan fingerprint density at radius 2 is 0.891 bits per heavy atom. The van der Waals surface area contributed by atoms with Crippen LogP contribution in [-0.2, 0) is 5.41 Å². The van der Waals surface area contributed by atoms with Crippen molar-refractivity contribution in [2.45, 2.75) is 19.3 Å². The topological polar surface area (TPSA) is 29.0 Å². The van der Waals surface area contributed by atoms with E-state index in [1.165, 1.54) is 22.5 Å². The third kappa shape index (κ3) is 4.87. The fourth-order valence-corrected chi connectivity index (χ4v) is 6.68. The number of anilines is 3. The molecule has 0 fully saturated rings. The number of para-hydroxylation sites is 2. The van der Waals surface area contributed by atoms with Gasteiger partial charge in [-0.1, -0.05) is 141 Å². The smallest absolute Gasteiger partial charge is 0.160 e. The molecule has 0 amide bonds. The van der Waals surface area contributed by atoms with Crippen molar-refractivity contribution >= 4 is 17.1 Å². The average Bonchev–Trinajstić information content (AvgIpc) is 3.13. The zero-order valence-corrected chi connectivity index (χ0v) is 25.9. The summed E-state index contributed by atoms with van der Waals surface area (Å²) in [6.45, 7) is 4.64. The molecule has 0 saturated carbocycles. The van der Waals surface area contributed by atoms with Gasteiger partial charge in [-0.15, -0.1) is 0 Å². The van der Waals surface area contributed by atoms with Crippen LogP contribution in [0.15, 0.2) is 164 Å². The Hall–Kier alpha value is -5.80.